The van der Waals surface area contributed by atoms with E-state index in [9.17, 15) is 19.6 Å². The van der Waals surface area contributed by atoms with Crippen molar-refractivity contribution < 1.29 is 14.3 Å². The van der Waals surface area contributed by atoms with Gasteiger partial charge >= 0.3 is 0 Å². The predicted molar refractivity (Wildman–Crippen MR) is 122 cm³/mol. The van der Waals surface area contributed by atoms with E-state index in [0.29, 0.717) is 16.8 Å². The van der Waals surface area contributed by atoms with Crippen LogP contribution in [-0.2, 0) is 0 Å². The normalized spacial score (nSPS) is 12.6. The zero-order valence-corrected chi connectivity index (χ0v) is 18.7. The van der Waals surface area contributed by atoms with E-state index in [0.717, 1.165) is 20.7 Å². The molecule has 2 heterocycles. The molecular weight excluding hydrogens is 415 g/mol. The lowest BCUT2D eigenvalue weighted by molar-refractivity contribution is -0.00177. The molecule has 1 amide bonds. The number of carbonyl (C=O) groups excluding carboxylic acids is 1. The number of anilines is 1. The van der Waals surface area contributed by atoms with Crippen LogP contribution in [0.2, 0.25) is 0 Å². The van der Waals surface area contributed by atoms with Crippen LogP contribution < -0.4 is 10.6 Å². The van der Waals surface area contributed by atoms with Crippen LogP contribution in [0.15, 0.2) is 36.5 Å². The van der Waals surface area contributed by atoms with Gasteiger partial charge in [-0.3, -0.25) is 4.79 Å². The molecule has 0 unspecified atom stereocenters. The van der Waals surface area contributed by atoms with Gasteiger partial charge in [0.15, 0.2) is 0 Å². The fourth-order valence-electron chi connectivity index (χ4n) is 3.02. The number of fused-ring (bicyclic) bond motifs is 1. The van der Waals surface area contributed by atoms with Gasteiger partial charge < -0.3 is 15.7 Å². The number of amides is 1. The molecule has 31 heavy (non-hydrogen) atoms. The third kappa shape index (κ3) is 5.19. The molecule has 0 spiro atoms. The number of alkyl halides is 1. The number of aromatic nitrogens is 1. The molecule has 0 bridgehead atoms. The summed E-state index contributed by atoms with van der Waals surface area (Å²) >= 11 is 1.47. The Kier molecular flexibility index (Phi) is 6.58. The number of halogens is 1. The molecule has 3 rings (SSSR count). The number of nitrogens with one attached hydrogen (secondary N) is 2. The Hall–Kier alpha value is -3.02. The highest BCUT2D eigenvalue weighted by atomic mass is 32.1. The van der Waals surface area contributed by atoms with Crippen LogP contribution in [-0.4, -0.2) is 40.4 Å². The Morgan fingerprint density at radius 3 is 2.74 bits per heavy atom. The van der Waals surface area contributed by atoms with Crippen molar-refractivity contribution >= 4 is 33.1 Å². The molecule has 0 saturated heterocycles. The summed E-state index contributed by atoms with van der Waals surface area (Å²) in [6.45, 7) is 6.33. The van der Waals surface area contributed by atoms with E-state index in [1.54, 1.807) is 6.07 Å². The minimum atomic E-state index is -1.60. The van der Waals surface area contributed by atoms with Crippen molar-refractivity contribution in [3.05, 3.63) is 47.7 Å². The molecule has 2 aromatic heterocycles. The molecule has 0 fully saturated rings. The summed E-state index contributed by atoms with van der Waals surface area (Å²) in [6, 6.07) is 11.4. The standard InChI is InChI=1S/C23H25FN4O2S/c1-13(2)28-20-16-9-18(15-7-5-6-14(8-15)10-25)31-22(16)27-11-17(20)21(29)26-12-19(24)23(3,4)30/h5-9,11,13,19,30H,12H2,1-4H3,(H,26,29)(H,27,28)/t19-/m1/s1. The quantitative estimate of drug-likeness (QED) is 0.503. The highest BCUT2D eigenvalue weighted by molar-refractivity contribution is 7.22. The minimum absolute atomic E-state index is 0.0488. The summed E-state index contributed by atoms with van der Waals surface area (Å²) in [5.41, 5.74) is 0.841. The van der Waals surface area contributed by atoms with Gasteiger partial charge in [-0.1, -0.05) is 12.1 Å². The molecule has 1 atom stereocenters. The molecule has 3 aromatic rings. The van der Waals surface area contributed by atoms with Crippen molar-refractivity contribution in [3.8, 4) is 16.5 Å². The van der Waals surface area contributed by atoms with Crippen LogP contribution in [0, 0.1) is 11.3 Å². The fraction of sp³-hybridized carbons (Fsp3) is 0.348. The molecule has 8 heteroatoms. The Morgan fingerprint density at radius 2 is 2.10 bits per heavy atom. The number of hydrogen-bond acceptors (Lipinski definition) is 6. The van der Waals surface area contributed by atoms with E-state index in [4.69, 9.17) is 0 Å². The van der Waals surface area contributed by atoms with Crippen molar-refractivity contribution in [3.63, 3.8) is 0 Å². The average Bonchev–Trinajstić information content (AvgIpc) is 3.16. The van der Waals surface area contributed by atoms with Crippen molar-refractivity contribution in [2.24, 2.45) is 0 Å². The van der Waals surface area contributed by atoms with E-state index >= 15 is 0 Å². The molecular formula is C23H25FN4O2S. The summed E-state index contributed by atoms with van der Waals surface area (Å²) in [4.78, 5) is 18.9. The first-order chi connectivity index (χ1) is 14.6. The van der Waals surface area contributed by atoms with Gasteiger partial charge in [0, 0.05) is 22.5 Å². The first kappa shape index (κ1) is 22.7. The number of benzene rings is 1. The first-order valence-electron chi connectivity index (χ1n) is 9.94. The van der Waals surface area contributed by atoms with Gasteiger partial charge in [0.25, 0.3) is 5.91 Å². The van der Waals surface area contributed by atoms with Gasteiger partial charge in [-0.15, -0.1) is 11.3 Å². The van der Waals surface area contributed by atoms with Crippen molar-refractivity contribution in [1.29, 1.82) is 5.26 Å². The second-order valence-corrected chi connectivity index (χ2v) is 9.23. The molecule has 0 aliphatic carbocycles. The average molecular weight is 441 g/mol. The van der Waals surface area contributed by atoms with Crippen LogP contribution in [0.3, 0.4) is 0 Å². The van der Waals surface area contributed by atoms with Crippen LogP contribution in [0.4, 0.5) is 10.1 Å². The topological polar surface area (TPSA) is 98.0 Å². The van der Waals surface area contributed by atoms with Gasteiger partial charge in [0.05, 0.1) is 35.0 Å². The molecule has 162 valence electrons. The highest BCUT2D eigenvalue weighted by Gasteiger charge is 2.27. The second kappa shape index (κ2) is 9.00. The number of nitrogens with zero attached hydrogens (tertiary/aromatic N) is 2. The monoisotopic (exact) mass is 440 g/mol. The number of thiophene rings is 1. The summed E-state index contributed by atoms with van der Waals surface area (Å²) in [5, 5.41) is 25.6. The van der Waals surface area contributed by atoms with Gasteiger partial charge in [-0.25, -0.2) is 9.37 Å². The highest BCUT2D eigenvalue weighted by Crippen LogP contribution is 2.38. The summed E-state index contributed by atoms with van der Waals surface area (Å²) in [7, 11) is 0. The fourth-order valence-corrected chi connectivity index (χ4v) is 4.02. The van der Waals surface area contributed by atoms with E-state index in [1.165, 1.54) is 31.4 Å². The second-order valence-electron chi connectivity index (χ2n) is 8.20. The third-order valence-corrected chi connectivity index (χ3v) is 5.82. The maximum atomic E-state index is 14.1. The van der Waals surface area contributed by atoms with E-state index < -0.39 is 17.7 Å². The Bertz CT molecular complexity index is 1140. The zero-order valence-electron chi connectivity index (χ0n) is 17.9. The molecule has 0 aliphatic heterocycles. The molecule has 3 N–H and O–H groups in total. The molecule has 0 aliphatic rings. The lowest BCUT2D eigenvalue weighted by Crippen LogP contribution is -2.42. The van der Waals surface area contributed by atoms with Gasteiger partial charge in [-0.05, 0) is 51.5 Å². The minimum Gasteiger partial charge on any atom is -0.387 e. The predicted octanol–water partition coefficient (Wildman–Crippen LogP) is 4.49. The maximum absolute atomic E-state index is 14.1. The molecule has 0 saturated carbocycles. The summed E-state index contributed by atoms with van der Waals surface area (Å²) in [6.07, 6.45) is -0.124. The summed E-state index contributed by atoms with van der Waals surface area (Å²) < 4.78 is 14.1. The number of rotatable bonds is 7. The number of carbonyl (C=O) groups is 1. The number of pyridine rings is 1. The van der Waals surface area contributed by atoms with Crippen molar-refractivity contribution in [1.82, 2.24) is 10.3 Å². The van der Waals surface area contributed by atoms with Crippen LogP contribution >= 0.6 is 11.3 Å². The summed E-state index contributed by atoms with van der Waals surface area (Å²) in [5.74, 6) is -0.469. The van der Waals surface area contributed by atoms with Crippen LogP contribution in [0.1, 0.15) is 43.6 Å². The van der Waals surface area contributed by atoms with Crippen LogP contribution in [0.5, 0.6) is 0 Å². The van der Waals surface area contributed by atoms with Crippen molar-refractivity contribution in [2.75, 3.05) is 11.9 Å². The van der Waals surface area contributed by atoms with Crippen LogP contribution in [0.25, 0.3) is 20.7 Å². The van der Waals surface area contributed by atoms with Gasteiger partial charge in [0.1, 0.15) is 11.0 Å². The van der Waals surface area contributed by atoms with Gasteiger partial charge in [0.2, 0.25) is 0 Å². The Morgan fingerprint density at radius 1 is 1.35 bits per heavy atom. The SMILES string of the molecule is CC(C)Nc1c(C(=O)NC[C@@H](F)C(C)(C)O)cnc2sc(-c3cccc(C#N)c3)cc12. The maximum Gasteiger partial charge on any atom is 0.255 e. The smallest absolute Gasteiger partial charge is 0.255 e. The zero-order chi connectivity index (χ0) is 22.8. The Labute approximate surface area is 184 Å². The first-order valence-corrected chi connectivity index (χ1v) is 10.8. The van der Waals surface area contributed by atoms with Gasteiger partial charge in [-0.2, -0.15) is 5.26 Å². The lowest BCUT2D eigenvalue weighted by Gasteiger charge is -2.23. The largest absolute Gasteiger partial charge is 0.387 e. The third-order valence-electron chi connectivity index (χ3n) is 4.72. The van der Waals surface area contributed by atoms with E-state index in [2.05, 4.69) is 21.7 Å². The van der Waals surface area contributed by atoms with E-state index in [1.807, 2.05) is 38.1 Å². The molecule has 6 nitrogen and oxygen atoms in total. The number of nitriles is 1. The molecule has 0 radical (unpaired) electrons. The lowest BCUT2D eigenvalue weighted by atomic mass is 10.0. The molecule has 1 aromatic carbocycles. The Balaban J connectivity index is 2.00. The number of aliphatic hydroxyl groups is 1. The van der Waals surface area contributed by atoms with Crippen molar-refractivity contribution in [2.45, 2.75) is 45.5 Å². The van der Waals surface area contributed by atoms with E-state index in [-0.39, 0.29) is 12.6 Å². The number of hydrogen-bond donors (Lipinski definition) is 3.